The maximum Gasteiger partial charge on any atom is 0.334 e. The van der Waals surface area contributed by atoms with Crippen LogP contribution in [0, 0.1) is 10.1 Å². The molecule has 19 heavy (non-hydrogen) atoms. The van der Waals surface area contributed by atoms with Crippen molar-refractivity contribution >= 4 is 17.6 Å². The predicted molar refractivity (Wildman–Crippen MR) is 63.5 cm³/mol. The Balaban J connectivity index is 2.55. The first-order valence-electron chi connectivity index (χ1n) is 5.31. The number of aliphatic carboxylic acids is 1. The van der Waals surface area contributed by atoms with Crippen molar-refractivity contribution < 1.29 is 24.7 Å². The van der Waals surface area contributed by atoms with Crippen LogP contribution in [-0.2, 0) is 16.0 Å². The van der Waals surface area contributed by atoms with Crippen molar-refractivity contribution in [2.24, 2.45) is 0 Å². The van der Waals surface area contributed by atoms with Crippen LogP contribution in [-0.4, -0.2) is 39.7 Å². The Bertz CT molecular complexity index is 502. The molecule has 1 rings (SSSR count). The zero-order chi connectivity index (χ0) is 14.4. The molecule has 0 aliphatic rings. The largest absolute Gasteiger partial charge is 0.479 e. The highest BCUT2D eigenvalue weighted by molar-refractivity contribution is 5.80. The summed E-state index contributed by atoms with van der Waals surface area (Å²) >= 11 is 0. The summed E-state index contributed by atoms with van der Waals surface area (Å²) in [6.45, 7) is -0.414. The van der Waals surface area contributed by atoms with Gasteiger partial charge in [-0.1, -0.05) is 12.1 Å². The second-order valence-electron chi connectivity index (χ2n) is 3.76. The lowest BCUT2D eigenvalue weighted by Gasteiger charge is -2.07. The molecule has 0 heterocycles. The van der Waals surface area contributed by atoms with E-state index in [1.165, 1.54) is 18.2 Å². The van der Waals surface area contributed by atoms with Crippen molar-refractivity contribution in [3.63, 3.8) is 0 Å². The molecule has 8 nitrogen and oxygen atoms in total. The molecule has 0 saturated carbocycles. The van der Waals surface area contributed by atoms with E-state index in [1.54, 1.807) is 6.07 Å². The second kappa shape index (κ2) is 6.45. The lowest BCUT2D eigenvalue weighted by Crippen LogP contribution is -2.37. The number of carboxylic acids is 1. The minimum absolute atomic E-state index is 0.129. The van der Waals surface area contributed by atoms with Crippen LogP contribution in [0.4, 0.5) is 5.69 Å². The van der Waals surface area contributed by atoms with E-state index in [-0.39, 0.29) is 12.1 Å². The summed E-state index contributed by atoms with van der Waals surface area (Å²) in [6, 6.07) is 5.55. The molecule has 0 spiro atoms. The van der Waals surface area contributed by atoms with Crippen LogP contribution in [0.25, 0.3) is 0 Å². The fraction of sp³-hybridized carbons (Fsp3) is 0.273. The molecule has 3 N–H and O–H groups in total. The van der Waals surface area contributed by atoms with E-state index in [0.717, 1.165) is 0 Å². The summed E-state index contributed by atoms with van der Waals surface area (Å²) in [4.78, 5) is 31.7. The lowest BCUT2D eigenvalue weighted by atomic mass is 10.1. The maximum absolute atomic E-state index is 11.4. The number of nitro groups is 1. The van der Waals surface area contributed by atoms with Crippen LogP contribution < -0.4 is 5.32 Å². The van der Waals surface area contributed by atoms with Gasteiger partial charge >= 0.3 is 5.97 Å². The topological polar surface area (TPSA) is 130 Å². The smallest absolute Gasteiger partial charge is 0.334 e. The second-order valence-corrected chi connectivity index (χ2v) is 3.76. The number of nitrogens with zero attached hydrogens (tertiary/aromatic N) is 1. The molecule has 0 radical (unpaired) electrons. The van der Waals surface area contributed by atoms with Crippen molar-refractivity contribution in [2.75, 3.05) is 6.54 Å². The molecule has 0 fully saturated rings. The molecule has 1 aromatic rings. The highest BCUT2D eigenvalue weighted by atomic mass is 16.6. The number of carboxylic acid groups (broad SMARTS) is 1. The highest BCUT2D eigenvalue weighted by Crippen LogP contribution is 2.13. The molecule has 0 saturated heterocycles. The van der Waals surface area contributed by atoms with E-state index in [0.29, 0.717) is 5.56 Å². The van der Waals surface area contributed by atoms with Crippen molar-refractivity contribution in [1.29, 1.82) is 0 Å². The minimum Gasteiger partial charge on any atom is -0.479 e. The number of hydrogen-bond acceptors (Lipinski definition) is 5. The first-order valence-corrected chi connectivity index (χ1v) is 5.31. The van der Waals surface area contributed by atoms with Crippen LogP contribution in [0.15, 0.2) is 24.3 Å². The zero-order valence-electron chi connectivity index (χ0n) is 9.78. The number of carbonyl (C=O) groups excluding carboxylic acids is 1. The number of hydrogen-bond donors (Lipinski definition) is 3. The van der Waals surface area contributed by atoms with Crippen LogP contribution in [0.3, 0.4) is 0 Å². The Morgan fingerprint density at radius 1 is 1.42 bits per heavy atom. The average molecular weight is 268 g/mol. The van der Waals surface area contributed by atoms with Gasteiger partial charge in [0.25, 0.3) is 5.69 Å². The van der Waals surface area contributed by atoms with Crippen molar-refractivity contribution in [1.82, 2.24) is 5.32 Å². The molecular formula is C11H12N2O6. The Morgan fingerprint density at radius 2 is 2.11 bits per heavy atom. The normalized spacial score (nSPS) is 11.6. The predicted octanol–water partition coefficient (Wildman–Crippen LogP) is -0.301. The minimum atomic E-state index is -1.67. The third-order valence-electron chi connectivity index (χ3n) is 2.26. The number of carbonyl (C=O) groups is 2. The number of nitrogens with one attached hydrogen (secondary N) is 1. The first-order chi connectivity index (χ1) is 8.90. The molecule has 0 aliphatic heterocycles. The van der Waals surface area contributed by atoms with Gasteiger partial charge in [0.15, 0.2) is 6.10 Å². The molecule has 102 valence electrons. The van der Waals surface area contributed by atoms with Gasteiger partial charge in [0.2, 0.25) is 5.91 Å². The summed E-state index contributed by atoms with van der Waals surface area (Å²) in [5.74, 6) is -1.96. The van der Waals surface area contributed by atoms with Gasteiger partial charge in [0.1, 0.15) is 0 Å². The number of aliphatic hydroxyl groups excluding tert-OH is 1. The van der Waals surface area contributed by atoms with E-state index in [4.69, 9.17) is 10.2 Å². The number of non-ortho nitro benzene ring substituents is 1. The molecule has 1 aromatic carbocycles. The van der Waals surface area contributed by atoms with Gasteiger partial charge in [-0.15, -0.1) is 0 Å². The third-order valence-corrected chi connectivity index (χ3v) is 2.26. The highest BCUT2D eigenvalue weighted by Gasteiger charge is 2.14. The molecule has 1 atom stereocenters. The summed E-state index contributed by atoms with van der Waals surface area (Å²) in [6.07, 6.45) is -1.80. The van der Waals surface area contributed by atoms with Gasteiger partial charge in [-0.2, -0.15) is 0 Å². The molecule has 0 aliphatic carbocycles. The van der Waals surface area contributed by atoms with Gasteiger partial charge in [0.05, 0.1) is 17.9 Å². The number of amides is 1. The van der Waals surface area contributed by atoms with Gasteiger partial charge in [0, 0.05) is 12.1 Å². The lowest BCUT2D eigenvalue weighted by molar-refractivity contribution is -0.384. The van der Waals surface area contributed by atoms with Gasteiger partial charge in [-0.25, -0.2) is 4.79 Å². The first kappa shape index (κ1) is 14.6. The van der Waals surface area contributed by atoms with Crippen LogP contribution in [0.1, 0.15) is 5.56 Å². The SMILES string of the molecule is O=C(Cc1cccc([N+](=O)[O-])c1)NC[C@H](O)C(=O)O. The Morgan fingerprint density at radius 3 is 2.68 bits per heavy atom. The Kier molecular flexibility index (Phi) is 4.95. The van der Waals surface area contributed by atoms with Crippen molar-refractivity contribution in [3.05, 3.63) is 39.9 Å². The van der Waals surface area contributed by atoms with Gasteiger partial charge < -0.3 is 15.5 Å². The zero-order valence-corrected chi connectivity index (χ0v) is 9.78. The number of aliphatic hydroxyl groups is 1. The number of rotatable bonds is 6. The van der Waals surface area contributed by atoms with Gasteiger partial charge in [-0.05, 0) is 5.56 Å². The summed E-state index contributed by atoms with van der Waals surface area (Å²) in [5.41, 5.74) is 0.299. The van der Waals surface area contributed by atoms with Crippen LogP contribution in [0.5, 0.6) is 0 Å². The summed E-state index contributed by atoms with van der Waals surface area (Å²) < 4.78 is 0. The van der Waals surface area contributed by atoms with E-state index in [1.807, 2.05) is 0 Å². The molecular weight excluding hydrogens is 256 g/mol. The summed E-state index contributed by atoms with van der Waals surface area (Å²) in [7, 11) is 0. The van der Waals surface area contributed by atoms with Crippen LogP contribution >= 0.6 is 0 Å². The molecule has 8 heteroatoms. The maximum atomic E-state index is 11.4. The van der Waals surface area contributed by atoms with E-state index < -0.39 is 29.4 Å². The standard InChI is InChI=1S/C11H12N2O6/c14-9(11(16)17)6-12-10(15)5-7-2-1-3-8(4-7)13(18)19/h1-4,9,14H,5-6H2,(H,12,15)(H,16,17)/t9-/m0/s1. The Labute approximate surface area is 107 Å². The van der Waals surface area contributed by atoms with Crippen LogP contribution in [0.2, 0.25) is 0 Å². The fourth-order valence-electron chi connectivity index (χ4n) is 1.33. The summed E-state index contributed by atoms with van der Waals surface area (Å²) in [5, 5.41) is 30.1. The van der Waals surface area contributed by atoms with E-state index >= 15 is 0 Å². The Hall–Kier alpha value is -2.48. The molecule has 0 unspecified atom stereocenters. The molecule has 0 bridgehead atoms. The van der Waals surface area contributed by atoms with E-state index in [9.17, 15) is 19.7 Å². The number of nitro benzene ring substituents is 1. The van der Waals surface area contributed by atoms with Crippen molar-refractivity contribution in [3.8, 4) is 0 Å². The van der Waals surface area contributed by atoms with Gasteiger partial charge in [-0.3, -0.25) is 14.9 Å². The van der Waals surface area contributed by atoms with E-state index in [2.05, 4.69) is 5.32 Å². The number of benzene rings is 1. The molecule has 0 aromatic heterocycles. The fourth-order valence-corrected chi connectivity index (χ4v) is 1.33. The third kappa shape index (κ3) is 4.72. The average Bonchev–Trinajstić information content (AvgIpc) is 2.36. The molecule has 1 amide bonds. The monoisotopic (exact) mass is 268 g/mol. The quantitative estimate of drug-likeness (QED) is 0.479. The van der Waals surface area contributed by atoms with Crippen molar-refractivity contribution in [2.45, 2.75) is 12.5 Å².